The van der Waals surface area contributed by atoms with Crippen LogP contribution in [0.25, 0.3) is 0 Å². The molecule has 5 heteroatoms. The van der Waals surface area contributed by atoms with Crippen LogP contribution in [-0.4, -0.2) is 30.0 Å². The van der Waals surface area contributed by atoms with Crippen LogP contribution in [0.5, 0.6) is 0 Å². The van der Waals surface area contributed by atoms with Gasteiger partial charge in [0.25, 0.3) is 0 Å². The number of halogens is 1. The van der Waals surface area contributed by atoms with Gasteiger partial charge in [0.1, 0.15) is 5.82 Å². The molecule has 1 aromatic rings. The van der Waals surface area contributed by atoms with E-state index >= 15 is 0 Å². The molecule has 2 rings (SSSR count). The molecule has 0 aliphatic carbocycles. The largest absolute Gasteiger partial charge is 0.381 e. The van der Waals surface area contributed by atoms with Crippen LogP contribution in [0.1, 0.15) is 31.9 Å². The lowest BCUT2D eigenvalue weighted by atomic mass is 10.2. The lowest BCUT2D eigenvalue weighted by Gasteiger charge is -2.21. The van der Waals surface area contributed by atoms with Crippen molar-refractivity contribution in [3.8, 4) is 0 Å². The van der Waals surface area contributed by atoms with Gasteiger partial charge in [0.2, 0.25) is 0 Å². The molecule has 1 aliphatic heterocycles. The summed E-state index contributed by atoms with van der Waals surface area (Å²) in [6.07, 6.45) is 3.36. The van der Waals surface area contributed by atoms with Crippen molar-refractivity contribution in [1.29, 1.82) is 0 Å². The smallest absolute Gasteiger partial charge is 0.126 e. The summed E-state index contributed by atoms with van der Waals surface area (Å²) in [4.78, 5) is 4.60. The Hall–Kier alpha value is -0.450. The van der Waals surface area contributed by atoms with Crippen LogP contribution in [0.4, 0.5) is 5.82 Å². The predicted octanol–water partition coefficient (Wildman–Crippen LogP) is 3.97. The zero-order chi connectivity index (χ0) is 13.5. The molecule has 0 saturated carbocycles. The van der Waals surface area contributed by atoms with Crippen LogP contribution in [0, 0.1) is 0 Å². The third kappa shape index (κ3) is 4.86. The molecule has 2 heterocycles. The van der Waals surface area contributed by atoms with Gasteiger partial charge >= 0.3 is 0 Å². The monoisotopic (exact) mass is 300 g/mol. The summed E-state index contributed by atoms with van der Waals surface area (Å²) in [7, 11) is 0. The van der Waals surface area contributed by atoms with E-state index in [9.17, 15) is 0 Å². The van der Waals surface area contributed by atoms with Gasteiger partial charge in [0.05, 0.1) is 10.7 Å². The zero-order valence-corrected chi connectivity index (χ0v) is 12.9. The van der Waals surface area contributed by atoms with Crippen molar-refractivity contribution in [3.05, 3.63) is 22.8 Å². The maximum absolute atomic E-state index is 6.22. The highest BCUT2D eigenvalue weighted by Crippen LogP contribution is 2.28. The SMILES string of the molecule is CCCNc1ccc(Cl)c(CSC2CCOCC2)n1. The maximum Gasteiger partial charge on any atom is 0.126 e. The first kappa shape index (κ1) is 14.9. The first-order valence-electron chi connectivity index (χ1n) is 6.88. The Morgan fingerprint density at radius 3 is 2.95 bits per heavy atom. The molecule has 1 fully saturated rings. The molecule has 0 unspecified atom stereocenters. The van der Waals surface area contributed by atoms with E-state index in [4.69, 9.17) is 16.3 Å². The van der Waals surface area contributed by atoms with Gasteiger partial charge in [0.15, 0.2) is 0 Å². The Morgan fingerprint density at radius 2 is 2.21 bits per heavy atom. The van der Waals surface area contributed by atoms with Gasteiger partial charge in [-0.15, -0.1) is 0 Å². The number of hydrogen-bond acceptors (Lipinski definition) is 4. The van der Waals surface area contributed by atoms with Crippen molar-refractivity contribution >= 4 is 29.2 Å². The highest BCUT2D eigenvalue weighted by Gasteiger charge is 2.15. The van der Waals surface area contributed by atoms with Gasteiger partial charge in [0, 0.05) is 30.8 Å². The second kappa shape index (κ2) is 7.98. The van der Waals surface area contributed by atoms with E-state index in [1.807, 2.05) is 23.9 Å². The van der Waals surface area contributed by atoms with Crippen molar-refractivity contribution in [3.63, 3.8) is 0 Å². The number of rotatable bonds is 6. The molecule has 0 atom stereocenters. The van der Waals surface area contributed by atoms with Crippen molar-refractivity contribution in [2.24, 2.45) is 0 Å². The van der Waals surface area contributed by atoms with E-state index in [-0.39, 0.29) is 0 Å². The quantitative estimate of drug-likeness (QED) is 0.862. The van der Waals surface area contributed by atoms with Crippen LogP contribution in [0.3, 0.4) is 0 Å². The van der Waals surface area contributed by atoms with Crippen LogP contribution >= 0.6 is 23.4 Å². The fourth-order valence-electron chi connectivity index (χ4n) is 1.98. The van der Waals surface area contributed by atoms with Crippen molar-refractivity contribution in [2.75, 3.05) is 25.1 Å². The molecule has 1 saturated heterocycles. The zero-order valence-electron chi connectivity index (χ0n) is 11.3. The molecule has 106 valence electrons. The van der Waals surface area contributed by atoms with Gasteiger partial charge < -0.3 is 10.1 Å². The highest BCUT2D eigenvalue weighted by atomic mass is 35.5. The summed E-state index contributed by atoms with van der Waals surface area (Å²) in [5, 5.41) is 4.75. The van der Waals surface area contributed by atoms with Gasteiger partial charge in [-0.2, -0.15) is 11.8 Å². The Balaban J connectivity index is 1.90. The normalized spacial score (nSPS) is 16.5. The summed E-state index contributed by atoms with van der Waals surface area (Å²) in [6.45, 7) is 4.86. The highest BCUT2D eigenvalue weighted by molar-refractivity contribution is 7.99. The topological polar surface area (TPSA) is 34.1 Å². The molecule has 0 bridgehead atoms. The number of nitrogens with one attached hydrogen (secondary N) is 1. The average Bonchev–Trinajstić information content (AvgIpc) is 2.46. The molecule has 0 aromatic carbocycles. The minimum atomic E-state index is 0.680. The summed E-state index contributed by atoms with van der Waals surface area (Å²) >= 11 is 8.16. The molecular weight excluding hydrogens is 280 g/mol. The Labute approximate surface area is 124 Å². The molecule has 1 aliphatic rings. The van der Waals surface area contributed by atoms with E-state index in [0.717, 1.165) is 61.3 Å². The fraction of sp³-hybridized carbons (Fsp3) is 0.643. The Kier molecular flexibility index (Phi) is 6.28. The number of pyridine rings is 1. The second-order valence-corrected chi connectivity index (χ2v) is 6.37. The predicted molar refractivity (Wildman–Crippen MR) is 83.2 cm³/mol. The van der Waals surface area contributed by atoms with Gasteiger partial charge in [-0.05, 0) is 31.4 Å². The lowest BCUT2D eigenvalue weighted by Crippen LogP contribution is -2.17. The number of anilines is 1. The second-order valence-electron chi connectivity index (χ2n) is 4.67. The fourth-order valence-corrected chi connectivity index (χ4v) is 3.37. The number of nitrogens with zero attached hydrogens (tertiary/aromatic N) is 1. The third-order valence-corrected chi connectivity index (χ3v) is 4.83. The van der Waals surface area contributed by atoms with Gasteiger partial charge in [-0.25, -0.2) is 4.98 Å². The Bertz CT molecular complexity index is 397. The summed E-state index contributed by atoms with van der Waals surface area (Å²) < 4.78 is 5.37. The molecule has 0 radical (unpaired) electrons. The average molecular weight is 301 g/mol. The minimum Gasteiger partial charge on any atom is -0.381 e. The molecule has 0 amide bonds. The van der Waals surface area contributed by atoms with E-state index in [0.29, 0.717) is 5.25 Å². The van der Waals surface area contributed by atoms with E-state index in [1.165, 1.54) is 0 Å². The molecule has 1 aromatic heterocycles. The van der Waals surface area contributed by atoms with Crippen molar-refractivity contribution in [1.82, 2.24) is 4.98 Å². The number of hydrogen-bond donors (Lipinski definition) is 1. The number of thioether (sulfide) groups is 1. The number of aromatic nitrogens is 1. The van der Waals surface area contributed by atoms with Crippen molar-refractivity contribution in [2.45, 2.75) is 37.2 Å². The molecule has 19 heavy (non-hydrogen) atoms. The molecule has 1 N–H and O–H groups in total. The summed E-state index contributed by atoms with van der Waals surface area (Å²) in [5.74, 6) is 1.80. The number of ether oxygens (including phenoxy) is 1. The Morgan fingerprint density at radius 1 is 1.42 bits per heavy atom. The maximum atomic E-state index is 6.22. The van der Waals surface area contributed by atoms with E-state index < -0.39 is 0 Å². The molecule has 0 spiro atoms. The van der Waals surface area contributed by atoms with Crippen LogP contribution < -0.4 is 5.32 Å². The van der Waals surface area contributed by atoms with Gasteiger partial charge in [-0.3, -0.25) is 0 Å². The first-order valence-corrected chi connectivity index (χ1v) is 8.31. The van der Waals surface area contributed by atoms with Crippen LogP contribution in [-0.2, 0) is 10.5 Å². The van der Waals surface area contributed by atoms with E-state index in [2.05, 4.69) is 17.2 Å². The van der Waals surface area contributed by atoms with Crippen LogP contribution in [0.15, 0.2) is 12.1 Å². The third-order valence-electron chi connectivity index (χ3n) is 3.10. The minimum absolute atomic E-state index is 0.680. The van der Waals surface area contributed by atoms with E-state index in [1.54, 1.807) is 0 Å². The van der Waals surface area contributed by atoms with Crippen LogP contribution in [0.2, 0.25) is 5.02 Å². The lowest BCUT2D eigenvalue weighted by molar-refractivity contribution is 0.1000. The molecule has 3 nitrogen and oxygen atoms in total. The van der Waals surface area contributed by atoms with Gasteiger partial charge in [-0.1, -0.05) is 18.5 Å². The standard InChI is InChI=1S/C14H21ClN2OS/c1-2-7-16-14-4-3-12(15)13(17-14)10-19-11-5-8-18-9-6-11/h3-4,11H,2,5-10H2,1H3,(H,16,17). The first-order chi connectivity index (χ1) is 9.29. The summed E-state index contributed by atoms with van der Waals surface area (Å²) in [6, 6.07) is 3.88. The molecular formula is C14H21ClN2OS. The summed E-state index contributed by atoms with van der Waals surface area (Å²) in [5.41, 5.74) is 0.985. The van der Waals surface area contributed by atoms with Crippen molar-refractivity contribution < 1.29 is 4.74 Å².